The summed E-state index contributed by atoms with van der Waals surface area (Å²) >= 11 is 0. The highest BCUT2D eigenvalue weighted by molar-refractivity contribution is 5.49. The Balaban J connectivity index is 1.26. The number of ether oxygens (including phenoxy) is 1. The number of allylic oxidation sites excluding steroid dienone is 1. The van der Waals surface area contributed by atoms with Crippen LogP contribution in [-0.2, 0) is 24.2 Å². The predicted molar refractivity (Wildman–Crippen MR) is 139 cm³/mol. The molecule has 1 heteroatoms. The second-order valence-corrected chi connectivity index (χ2v) is 9.85. The Bertz CT molecular complexity index is 763. The smallest absolute Gasteiger partial charge is 0.0713 e. The highest BCUT2D eigenvalue weighted by Gasteiger charge is 2.20. The first-order valence-electron chi connectivity index (χ1n) is 13.1. The van der Waals surface area contributed by atoms with E-state index in [-0.39, 0.29) is 0 Å². The van der Waals surface area contributed by atoms with E-state index in [1.165, 1.54) is 99.3 Å². The number of rotatable bonds is 13. The molecule has 1 nitrogen and oxygen atoms in total. The van der Waals surface area contributed by atoms with Gasteiger partial charge in [0.2, 0.25) is 0 Å². The molecule has 3 rings (SSSR count). The summed E-state index contributed by atoms with van der Waals surface area (Å²) in [6.45, 7) is 2.94. The molecule has 0 unspecified atom stereocenters. The van der Waals surface area contributed by atoms with Gasteiger partial charge in [-0.1, -0.05) is 113 Å². The maximum Gasteiger partial charge on any atom is 0.0713 e. The molecule has 0 bridgehead atoms. The average Bonchev–Trinajstić information content (AvgIpc) is 2.83. The van der Waals surface area contributed by atoms with E-state index in [0.717, 1.165) is 11.8 Å². The van der Waals surface area contributed by atoms with Gasteiger partial charge in [-0.2, -0.15) is 0 Å². The quantitative estimate of drug-likeness (QED) is 0.287. The molecule has 1 aliphatic rings. The molecule has 0 aliphatic heterocycles. The Morgan fingerprint density at radius 3 is 2.00 bits per heavy atom. The summed E-state index contributed by atoms with van der Waals surface area (Å²) in [4.78, 5) is 0. The number of methoxy groups -OCH3 is 1. The van der Waals surface area contributed by atoms with Gasteiger partial charge in [-0.3, -0.25) is 0 Å². The summed E-state index contributed by atoms with van der Waals surface area (Å²) in [5.41, 5.74) is 5.59. The van der Waals surface area contributed by atoms with Gasteiger partial charge >= 0.3 is 0 Å². The number of unbranched alkanes of at least 4 members (excludes halogenated alkanes) is 2. The molecule has 1 saturated carbocycles. The van der Waals surface area contributed by atoms with Crippen LogP contribution in [0.5, 0.6) is 0 Å². The topological polar surface area (TPSA) is 9.23 Å². The minimum absolute atomic E-state index is 0.716. The van der Waals surface area contributed by atoms with E-state index in [9.17, 15) is 0 Å². The summed E-state index contributed by atoms with van der Waals surface area (Å²) in [6, 6.07) is 18.2. The molecule has 0 spiro atoms. The molecule has 2 aromatic rings. The van der Waals surface area contributed by atoms with Gasteiger partial charge in [-0.25, -0.2) is 0 Å². The Morgan fingerprint density at radius 1 is 0.750 bits per heavy atom. The van der Waals surface area contributed by atoms with Crippen LogP contribution in [0, 0.1) is 11.8 Å². The fourth-order valence-corrected chi connectivity index (χ4v) is 5.09. The maximum absolute atomic E-state index is 5.21. The molecule has 0 aromatic heterocycles. The van der Waals surface area contributed by atoms with Crippen molar-refractivity contribution in [1.82, 2.24) is 0 Å². The third kappa shape index (κ3) is 8.94. The van der Waals surface area contributed by atoms with E-state index in [4.69, 9.17) is 4.74 Å². The van der Waals surface area contributed by atoms with Crippen molar-refractivity contribution in [3.8, 4) is 0 Å². The molecule has 1 aliphatic carbocycles. The number of aryl methyl sites for hydroxylation is 2. The van der Waals surface area contributed by atoms with Crippen molar-refractivity contribution in [2.75, 3.05) is 7.11 Å². The normalized spacial score (nSPS) is 18.9. The minimum Gasteiger partial charge on any atom is -0.380 e. The van der Waals surface area contributed by atoms with Gasteiger partial charge in [0.1, 0.15) is 0 Å². The van der Waals surface area contributed by atoms with Crippen LogP contribution in [0.15, 0.2) is 54.6 Å². The van der Waals surface area contributed by atoms with Crippen LogP contribution in [0.3, 0.4) is 0 Å². The zero-order chi connectivity index (χ0) is 22.4. The van der Waals surface area contributed by atoms with Crippen LogP contribution in [-0.4, -0.2) is 7.11 Å². The zero-order valence-corrected chi connectivity index (χ0v) is 20.5. The van der Waals surface area contributed by atoms with E-state index in [2.05, 4.69) is 67.6 Å². The third-order valence-corrected chi connectivity index (χ3v) is 7.21. The molecule has 1 fully saturated rings. The minimum atomic E-state index is 0.716. The van der Waals surface area contributed by atoms with E-state index in [0.29, 0.717) is 6.61 Å². The summed E-state index contributed by atoms with van der Waals surface area (Å²) in [5, 5.41) is 0. The molecule has 0 N–H and O–H groups in total. The fourth-order valence-electron chi connectivity index (χ4n) is 5.09. The van der Waals surface area contributed by atoms with Crippen molar-refractivity contribution in [2.45, 2.75) is 90.6 Å². The Kier molecular flexibility index (Phi) is 11.1. The highest BCUT2D eigenvalue weighted by atomic mass is 16.5. The number of hydrogen-bond donors (Lipinski definition) is 0. The first-order chi connectivity index (χ1) is 15.8. The number of benzene rings is 2. The average molecular weight is 433 g/mol. The lowest BCUT2D eigenvalue weighted by Crippen LogP contribution is -2.15. The first kappa shape index (κ1) is 24.8. The van der Waals surface area contributed by atoms with Crippen molar-refractivity contribution >= 4 is 6.08 Å². The van der Waals surface area contributed by atoms with Crippen LogP contribution in [0.1, 0.15) is 93.4 Å². The van der Waals surface area contributed by atoms with Gasteiger partial charge in [0.05, 0.1) is 6.61 Å². The van der Waals surface area contributed by atoms with Crippen LogP contribution in [0.2, 0.25) is 0 Å². The molecule has 0 radical (unpaired) electrons. The van der Waals surface area contributed by atoms with Crippen molar-refractivity contribution < 1.29 is 4.74 Å². The molecular weight excluding hydrogens is 388 g/mol. The second-order valence-electron chi connectivity index (χ2n) is 9.85. The third-order valence-electron chi connectivity index (χ3n) is 7.21. The maximum atomic E-state index is 5.21. The lowest BCUT2D eigenvalue weighted by Gasteiger charge is -2.28. The van der Waals surface area contributed by atoms with Gasteiger partial charge in [0, 0.05) is 7.11 Å². The van der Waals surface area contributed by atoms with Crippen molar-refractivity contribution in [2.24, 2.45) is 11.8 Å². The Hall–Kier alpha value is -1.86. The summed E-state index contributed by atoms with van der Waals surface area (Å²) in [6.07, 6.45) is 20.7. The molecule has 2 aromatic carbocycles. The zero-order valence-electron chi connectivity index (χ0n) is 20.5. The molecule has 0 heterocycles. The number of hydrogen-bond acceptors (Lipinski definition) is 1. The van der Waals surface area contributed by atoms with Crippen molar-refractivity contribution in [3.63, 3.8) is 0 Å². The monoisotopic (exact) mass is 432 g/mol. The molecule has 0 atom stereocenters. The van der Waals surface area contributed by atoms with Crippen molar-refractivity contribution in [1.29, 1.82) is 0 Å². The van der Waals surface area contributed by atoms with Crippen LogP contribution >= 0.6 is 0 Å². The van der Waals surface area contributed by atoms with Crippen molar-refractivity contribution in [3.05, 3.63) is 76.9 Å². The van der Waals surface area contributed by atoms with E-state index < -0.39 is 0 Å². The lowest BCUT2D eigenvalue weighted by molar-refractivity contribution is 0.185. The molecular formula is C31H44O. The van der Waals surface area contributed by atoms with E-state index in [1.54, 1.807) is 7.11 Å². The highest BCUT2D eigenvalue weighted by Crippen LogP contribution is 2.34. The fraction of sp³-hybridized carbons (Fsp3) is 0.548. The predicted octanol–water partition coefficient (Wildman–Crippen LogP) is 8.80. The lowest BCUT2D eigenvalue weighted by atomic mass is 9.77. The van der Waals surface area contributed by atoms with Gasteiger partial charge in [-0.15, -0.1) is 0 Å². The van der Waals surface area contributed by atoms with Gasteiger partial charge in [0.25, 0.3) is 0 Å². The van der Waals surface area contributed by atoms with Gasteiger partial charge in [-0.05, 0) is 66.2 Å². The molecule has 32 heavy (non-hydrogen) atoms. The first-order valence-corrected chi connectivity index (χ1v) is 13.1. The Morgan fingerprint density at radius 2 is 1.34 bits per heavy atom. The molecule has 0 saturated heterocycles. The second kappa shape index (κ2) is 14.3. The van der Waals surface area contributed by atoms with Gasteiger partial charge < -0.3 is 4.74 Å². The molecule has 0 amide bonds. The summed E-state index contributed by atoms with van der Waals surface area (Å²) in [5.74, 6) is 1.92. The standard InChI is InChI=1S/C31H44O/c1-3-4-5-8-26-11-13-27(14-12-26)9-6-7-10-28-15-17-29(18-16-28)19-20-30-21-23-31(24-22-30)25-32-2/h5,8,11-14,21-24,28-29H,3-4,6-7,9-10,15-20,25H2,1-2H3. The Labute approximate surface area is 197 Å². The molecule has 174 valence electrons. The van der Waals surface area contributed by atoms with E-state index >= 15 is 0 Å². The van der Waals surface area contributed by atoms with Crippen LogP contribution < -0.4 is 0 Å². The summed E-state index contributed by atoms with van der Waals surface area (Å²) < 4.78 is 5.21. The largest absolute Gasteiger partial charge is 0.380 e. The van der Waals surface area contributed by atoms with E-state index in [1.807, 2.05) is 0 Å². The van der Waals surface area contributed by atoms with Crippen LogP contribution in [0.25, 0.3) is 6.08 Å². The SMILES string of the molecule is CCCC=Cc1ccc(CCCCC2CCC(CCc3ccc(COC)cc3)CC2)cc1. The van der Waals surface area contributed by atoms with Gasteiger partial charge in [0.15, 0.2) is 0 Å². The summed E-state index contributed by atoms with van der Waals surface area (Å²) in [7, 11) is 1.76. The van der Waals surface area contributed by atoms with Crippen LogP contribution in [0.4, 0.5) is 0 Å².